The highest BCUT2D eigenvalue weighted by Crippen LogP contribution is 2.46. The number of piperidine rings is 1. The van der Waals surface area contributed by atoms with Gasteiger partial charge in [0.15, 0.2) is 0 Å². The van der Waals surface area contributed by atoms with Crippen molar-refractivity contribution in [2.24, 2.45) is 0 Å². The Morgan fingerprint density at radius 3 is 1.41 bits per heavy atom. The Morgan fingerprint density at radius 2 is 1.03 bits per heavy atom. The van der Waals surface area contributed by atoms with Gasteiger partial charge >= 0.3 is 7.82 Å². The Labute approximate surface area is 212 Å². The summed E-state index contributed by atoms with van der Waals surface area (Å²) in [6.45, 7) is 4.42. The Balaban J connectivity index is 1.75. The van der Waals surface area contributed by atoms with Crippen LogP contribution in [0.3, 0.4) is 0 Å². The number of phosphoric acid groups is 1. The molecular weight excluding hydrogens is 445 g/mol. The molecule has 1 aliphatic heterocycles. The number of rotatable bonds is 24. The summed E-state index contributed by atoms with van der Waals surface area (Å²) in [5.41, 5.74) is 0. The maximum Gasteiger partial charge on any atom is 0.472 e. The van der Waals surface area contributed by atoms with E-state index in [9.17, 15) is 9.46 Å². The molecule has 5 nitrogen and oxygen atoms in total. The second kappa shape index (κ2) is 22.3. The van der Waals surface area contributed by atoms with Crippen LogP contribution in [0.1, 0.15) is 148 Å². The number of likely N-dealkylation sites (tertiary alicyclic amines) is 1. The van der Waals surface area contributed by atoms with Gasteiger partial charge in [-0.15, -0.1) is 0 Å². The SMILES string of the molecule is CCCCCCCCCCCCCCCCCCCCCCOP(=O)(O)OC1CCN(C)CC1. The van der Waals surface area contributed by atoms with Gasteiger partial charge < -0.3 is 9.79 Å². The molecule has 1 fully saturated rings. The minimum atomic E-state index is -3.89. The summed E-state index contributed by atoms with van der Waals surface area (Å²) in [5.74, 6) is 0. The molecule has 0 saturated carbocycles. The van der Waals surface area contributed by atoms with Crippen molar-refractivity contribution in [1.29, 1.82) is 0 Å². The van der Waals surface area contributed by atoms with E-state index >= 15 is 0 Å². The van der Waals surface area contributed by atoms with Crippen molar-refractivity contribution in [3.05, 3.63) is 0 Å². The Morgan fingerprint density at radius 1 is 0.676 bits per heavy atom. The van der Waals surface area contributed by atoms with Crippen LogP contribution < -0.4 is 0 Å². The first-order chi connectivity index (χ1) is 16.5. The van der Waals surface area contributed by atoms with Gasteiger partial charge in [-0.2, -0.15) is 0 Å². The molecule has 1 atom stereocenters. The zero-order valence-electron chi connectivity index (χ0n) is 22.8. The quantitative estimate of drug-likeness (QED) is 0.105. The fourth-order valence-electron chi connectivity index (χ4n) is 4.85. The molecule has 6 heteroatoms. The highest BCUT2D eigenvalue weighted by Gasteiger charge is 2.28. The Bertz CT molecular complexity index is 483. The molecule has 0 spiro atoms. The van der Waals surface area contributed by atoms with E-state index in [2.05, 4.69) is 18.9 Å². The van der Waals surface area contributed by atoms with Crippen molar-refractivity contribution < 1.29 is 18.5 Å². The van der Waals surface area contributed by atoms with E-state index in [4.69, 9.17) is 9.05 Å². The van der Waals surface area contributed by atoms with Gasteiger partial charge in [-0.3, -0.25) is 9.05 Å². The third-order valence-electron chi connectivity index (χ3n) is 7.20. The smallest absolute Gasteiger partial charge is 0.306 e. The summed E-state index contributed by atoms with van der Waals surface area (Å²) in [6, 6.07) is 0. The second-order valence-corrected chi connectivity index (χ2v) is 12.0. The lowest BCUT2D eigenvalue weighted by Gasteiger charge is -2.29. The number of hydrogen-bond acceptors (Lipinski definition) is 4. The fourth-order valence-corrected chi connectivity index (χ4v) is 5.85. The van der Waals surface area contributed by atoms with Crippen molar-refractivity contribution in [3.8, 4) is 0 Å². The molecule has 0 aromatic carbocycles. The summed E-state index contributed by atoms with van der Waals surface area (Å²) >= 11 is 0. The van der Waals surface area contributed by atoms with Gasteiger partial charge in [0.25, 0.3) is 0 Å². The van der Waals surface area contributed by atoms with Gasteiger partial charge in [0.1, 0.15) is 0 Å². The summed E-state index contributed by atoms with van der Waals surface area (Å²) in [4.78, 5) is 12.1. The van der Waals surface area contributed by atoms with Crippen molar-refractivity contribution >= 4 is 7.82 Å². The van der Waals surface area contributed by atoms with Crippen LogP contribution in [-0.2, 0) is 13.6 Å². The summed E-state index contributed by atoms with van der Waals surface area (Å²) < 4.78 is 22.6. The summed E-state index contributed by atoms with van der Waals surface area (Å²) in [5, 5.41) is 0. The minimum absolute atomic E-state index is 0.151. The van der Waals surface area contributed by atoms with E-state index < -0.39 is 7.82 Å². The molecule has 204 valence electrons. The molecular formula is C28H58NO4P. The third kappa shape index (κ3) is 20.3. The van der Waals surface area contributed by atoms with E-state index in [1.165, 1.54) is 116 Å². The zero-order valence-corrected chi connectivity index (χ0v) is 23.7. The molecule has 34 heavy (non-hydrogen) atoms. The first kappa shape index (κ1) is 32.1. The normalized spacial score (nSPS) is 17.3. The molecule has 1 unspecified atom stereocenters. The Kier molecular flexibility index (Phi) is 21.0. The van der Waals surface area contributed by atoms with Crippen molar-refractivity contribution in [2.75, 3.05) is 26.7 Å². The topological polar surface area (TPSA) is 59.0 Å². The molecule has 1 aliphatic rings. The predicted octanol–water partition coefficient (Wildman–Crippen LogP) is 9.04. The molecule has 1 rings (SSSR count). The number of hydrogen-bond donors (Lipinski definition) is 1. The van der Waals surface area contributed by atoms with Crippen molar-refractivity contribution in [2.45, 2.75) is 154 Å². The van der Waals surface area contributed by atoms with Crippen LogP contribution in [0.2, 0.25) is 0 Å². The van der Waals surface area contributed by atoms with Gasteiger partial charge in [-0.1, -0.05) is 129 Å². The largest absolute Gasteiger partial charge is 0.472 e. The maximum atomic E-state index is 12.1. The Hall–Kier alpha value is 0.0700. The van der Waals surface area contributed by atoms with Crippen LogP contribution >= 0.6 is 7.82 Å². The average Bonchev–Trinajstić information content (AvgIpc) is 2.81. The fraction of sp³-hybridized carbons (Fsp3) is 1.00. The molecule has 1 heterocycles. The zero-order chi connectivity index (χ0) is 24.7. The van der Waals surface area contributed by atoms with Gasteiger partial charge in [0.2, 0.25) is 0 Å². The average molecular weight is 504 g/mol. The molecule has 0 radical (unpaired) electrons. The standard InChI is InChI=1S/C28H58NO4P/c1-3-4-5-6-7-8-9-10-11-12-13-14-15-16-17-18-19-20-21-22-27-32-34(30,31)33-28-23-25-29(2)26-24-28/h28H,3-27H2,1-2H3,(H,30,31). The molecule has 0 bridgehead atoms. The predicted molar refractivity (Wildman–Crippen MR) is 145 cm³/mol. The van der Waals surface area contributed by atoms with Crippen LogP contribution in [0, 0.1) is 0 Å². The van der Waals surface area contributed by atoms with Gasteiger partial charge in [-0.25, -0.2) is 4.57 Å². The number of nitrogens with zero attached hydrogens (tertiary/aromatic N) is 1. The van der Waals surface area contributed by atoms with Gasteiger partial charge in [0, 0.05) is 13.1 Å². The van der Waals surface area contributed by atoms with Crippen LogP contribution in [0.4, 0.5) is 0 Å². The lowest BCUT2D eigenvalue weighted by molar-refractivity contribution is 0.0638. The summed E-state index contributed by atoms with van der Waals surface area (Å²) in [7, 11) is -1.83. The molecule has 1 N–H and O–H groups in total. The van der Waals surface area contributed by atoms with Crippen LogP contribution in [0.5, 0.6) is 0 Å². The third-order valence-corrected chi connectivity index (χ3v) is 8.27. The van der Waals surface area contributed by atoms with E-state index in [1.807, 2.05) is 0 Å². The maximum absolute atomic E-state index is 12.1. The molecule has 1 saturated heterocycles. The van der Waals surface area contributed by atoms with Crippen molar-refractivity contribution in [3.63, 3.8) is 0 Å². The van der Waals surface area contributed by atoms with Gasteiger partial charge in [0.05, 0.1) is 12.7 Å². The van der Waals surface area contributed by atoms with E-state index in [0.717, 1.165) is 38.8 Å². The van der Waals surface area contributed by atoms with Crippen LogP contribution in [0.25, 0.3) is 0 Å². The molecule has 0 amide bonds. The summed E-state index contributed by atoms with van der Waals surface area (Å²) in [6.07, 6.45) is 28.4. The lowest BCUT2D eigenvalue weighted by Crippen LogP contribution is -2.33. The first-order valence-corrected chi connectivity index (χ1v) is 16.4. The monoisotopic (exact) mass is 503 g/mol. The van der Waals surface area contributed by atoms with Crippen molar-refractivity contribution in [1.82, 2.24) is 4.90 Å². The minimum Gasteiger partial charge on any atom is -0.306 e. The van der Waals surface area contributed by atoms with Crippen LogP contribution in [0.15, 0.2) is 0 Å². The van der Waals surface area contributed by atoms with E-state index in [0.29, 0.717) is 6.61 Å². The first-order valence-electron chi connectivity index (χ1n) is 14.9. The second-order valence-electron chi connectivity index (χ2n) is 10.6. The van der Waals surface area contributed by atoms with E-state index in [1.54, 1.807) is 0 Å². The number of phosphoric ester groups is 1. The highest BCUT2D eigenvalue weighted by molar-refractivity contribution is 7.47. The van der Waals surface area contributed by atoms with Gasteiger partial charge in [-0.05, 0) is 26.3 Å². The highest BCUT2D eigenvalue weighted by atomic mass is 31.2. The molecule has 0 aromatic heterocycles. The lowest BCUT2D eigenvalue weighted by atomic mass is 10.0. The van der Waals surface area contributed by atoms with E-state index in [-0.39, 0.29) is 6.10 Å². The molecule has 0 aliphatic carbocycles. The number of unbranched alkanes of at least 4 members (excludes halogenated alkanes) is 19. The molecule has 0 aromatic rings. The van der Waals surface area contributed by atoms with Crippen LogP contribution in [-0.4, -0.2) is 42.6 Å².